The second kappa shape index (κ2) is 4.74. The van der Waals surface area contributed by atoms with Gasteiger partial charge in [0.05, 0.1) is 11.7 Å². The van der Waals surface area contributed by atoms with Gasteiger partial charge in [-0.2, -0.15) is 0 Å². The second-order valence-electron chi connectivity index (χ2n) is 3.33. The molecule has 14 heavy (non-hydrogen) atoms. The number of aromatic nitrogens is 1. The highest BCUT2D eigenvalue weighted by atomic mass is 16.1. The van der Waals surface area contributed by atoms with Crippen LogP contribution in [-0.4, -0.2) is 10.9 Å². The highest BCUT2D eigenvalue weighted by molar-refractivity contribution is 5.73. The molecule has 1 aromatic rings. The summed E-state index contributed by atoms with van der Waals surface area (Å²) >= 11 is 0. The summed E-state index contributed by atoms with van der Waals surface area (Å²) in [5.41, 5.74) is 1.97. The number of amides is 1. The molecule has 0 aromatic carbocycles. The Hall–Kier alpha value is -1.38. The lowest BCUT2D eigenvalue weighted by Gasteiger charge is -2.12. The molecule has 3 nitrogen and oxygen atoms in total. The third-order valence-electron chi connectivity index (χ3n) is 2.05. The molecule has 76 valence electrons. The van der Waals surface area contributed by atoms with Crippen molar-refractivity contribution in [3.63, 3.8) is 0 Å². The van der Waals surface area contributed by atoms with Gasteiger partial charge in [0.2, 0.25) is 5.91 Å². The van der Waals surface area contributed by atoms with E-state index >= 15 is 0 Å². The Kier molecular flexibility index (Phi) is 3.63. The van der Waals surface area contributed by atoms with Crippen molar-refractivity contribution in [2.24, 2.45) is 0 Å². The third-order valence-corrected chi connectivity index (χ3v) is 2.05. The van der Waals surface area contributed by atoms with Crippen molar-refractivity contribution >= 4 is 5.91 Å². The van der Waals surface area contributed by atoms with Crippen LogP contribution in [0.2, 0.25) is 0 Å². The number of nitrogens with zero attached hydrogens (tertiary/aromatic N) is 1. The molecule has 0 saturated heterocycles. The molecule has 0 radical (unpaired) electrons. The zero-order chi connectivity index (χ0) is 10.6. The molecule has 1 N–H and O–H groups in total. The Morgan fingerprint density at radius 1 is 1.57 bits per heavy atom. The van der Waals surface area contributed by atoms with E-state index in [-0.39, 0.29) is 11.9 Å². The highest BCUT2D eigenvalue weighted by Gasteiger charge is 2.07. The van der Waals surface area contributed by atoms with Crippen LogP contribution in [0, 0.1) is 0 Å². The quantitative estimate of drug-likeness (QED) is 0.794. The van der Waals surface area contributed by atoms with E-state index in [0.29, 0.717) is 0 Å². The Morgan fingerprint density at radius 3 is 2.86 bits per heavy atom. The van der Waals surface area contributed by atoms with E-state index in [1.165, 1.54) is 6.92 Å². The topological polar surface area (TPSA) is 42.0 Å². The van der Waals surface area contributed by atoms with E-state index in [1.807, 2.05) is 25.1 Å². The molecule has 1 rings (SSSR count). The number of hydrogen-bond acceptors (Lipinski definition) is 2. The summed E-state index contributed by atoms with van der Waals surface area (Å²) in [6.07, 6.45) is 0.917. The average Bonchev–Trinajstić information content (AvgIpc) is 2.17. The third kappa shape index (κ3) is 2.83. The molecule has 0 saturated carbocycles. The van der Waals surface area contributed by atoms with Crippen molar-refractivity contribution in [3.8, 4) is 0 Å². The monoisotopic (exact) mass is 192 g/mol. The number of nitrogens with one attached hydrogen (secondary N) is 1. The van der Waals surface area contributed by atoms with Crippen LogP contribution in [0.3, 0.4) is 0 Å². The summed E-state index contributed by atoms with van der Waals surface area (Å²) in [5, 5.41) is 2.81. The van der Waals surface area contributed by atoms with Crippen LogP contribution in [0.25, 0.3) is 0 Å². The molecular formula is C11H16N2O. The van der Waals surface area contributed by atoms with E-state index in [4.69, 9.17) is 0 Å². The number of pyridine rings is 1. The predicted molar refractivity (Wildman–Crippen MR) is 55.8 cm³/mol. The first kappa shape index (κ1) is 10.7. The Bertz CT molecular complexity index is 323. The van der Waals surface area contributed by atoms with Crippen LogP contribution < -0.4 is 5.32 Å². The number of carbonyl (C=O) groups is 1. The number of carbonyl (C=O) groups excluding carboxylic acids is 1. The van der Waals surface area contributed by atoms with E-state index in [0.717, 1.165) is 17.8 Å². The van der Waals surface area contributed by atoms with Gasteiger partial charge in [-0.3, -0.25) is 9.78 Å². The maximum absolute atomic E-state index is 10.8. The SMILES string of the molecule is CCc1cccc(C(C)NC(C)=O)n1. The van der Waals surface area contributed by atoms with Gasteiger partial charge in [0, 0.05) is 12.6 Å². The molecule has 1 aromatic heterocycles. The summed E-state index contributed by atoms with van der Waals surface area (Å²) in [6, 6.07) is 5.88. The van der Waals surface area contributed by atoms with Crippen molar-refractivity contribution < 1.29 is 4.79 Å². The Labute approximate surface area is 84.6 Å². The molecular weight excluding hydrogens is 176 g/mol. The average molecular weight is 192 g/mol. The van der Waals surface area contributed by atoms with Crippen molar-refractivity contribution in [3.05, 3.63) is 29.6 Å². The van der Waals surface area contributed by atoms with E-state index in [9.17, 15) is 4.79 Å². The van der Waals surface area contributed by atoms with Crippen LogP contribution >= 0.6 is 0 Å². The van der Waals surface area contributed by atoms with Gasteiger partial charge in [0.25, 0.3) is 0 Å². The molecule has 0 aliphatic carbocycles. The molecule has 3 heteroatoms. The number of hydrogen-bond donors (Lipinski definition) is 1. The zero-order valence-electron chi connectivity index (χ0n) is 8.87. The molecule has 1 heterocycles. The van der Waals surface area contributed by atoms with Gasteiger partial charge in [-0.05, 0) is 25.5 Å². The molecule has 1 amide bonds. The maximum Gasteiger partial charge on any atom is 0.217 e. The normalized spacial score (nSPS) is 12.2. The van der Waals surface area contributed by atoms with Crippen LogP contribution in [0.15, 0.2) is 18.2 Å². The molecule has 0 bridgehead atoms. The smallest absolute Gasteiger partial charge is 0.217 e. The fourth-order valence-corrected chi connectivity index (χ4v) is 1.32. The summed E-state index contributed by atoms with van der Waals surface area (Å²) in [7, 11) is 0. The number of rotatable bonds is 3. The summed E-state index contributed by atoms with van der Waals surface area (Å²) < 4.78 is 0. The Morgan fingerprint density at radius 2 is 2.29 bits per heavy atom. The fourth-order valence-electron chi connectivity index (χ4n) is 1.32. The van der Waals surface area contributed by atoms with E-state index in [2.05, 4.69) is 17.2 Å². The molecule has 0 fully saturated rings. The lowest BCUT2D eigenvalue weighted by molar-refractivity contribution is -0.119. The first-order valence-electron chi connectivity index (χ1n) is 4.86. The first-order chi connectivity index (χ1) is 6.63. The molecule has 0 aliphatic heterocycles. The van der Waals surface area contributed by atoms with Gasteiger partial charge in [-0.25, -0.2) is 0 Å². The molecule has 0 spiro atoms. The lowest BCUT2D eigenvalue weighted by atomic mass is 10.2. The lowest BCUT2D eigenvalue weighted by Crippen LogP contribution is -2.24. The first-order valence-corrected chi connectivity index (χ1v) is 4.86. The minimum absolute atomic E-state index is 0.0148. The van der Waals surface area contributed by atoms with Crippen molar-refractivity contribution in [1.29, 1.82) is 0 Å². The Balaban J connectivity index is 2.78. The van der Waals surface area contributed by atoms with Gasteiger partial charge in [-0.1, -0.05) is 13.0 Å². The minimum Gasteiger partial charge on any atom is -0.348 e. The van der Waals surface area contributed by atoms with E-state index < -0.39 is 0 Å². The van der Waals surface area contributed by atoms with Crippen LogP contribution in [-0.2, 0) is 11.2 Å². The van der Waals surface area contributed by atoms with Gasteiger partial charge in [-0.15, -0.1) is 0 Å². The van der Waals surface area contributed by atoms with Crippen LogP contribution in [0.5, 0.6) is 0 Å². The molecule has 1 unspecified atom stereocenters. The predicted octanol–water partition coefficient (Wildman–Crippen LogP) is 1.84. The fraction of sp³-hybridized carbons (Fsp3) is 0.455. The molecule has 1 atom stereocenters. The minimum atomic E-state index is -0.0267. The molecule has 0 aliphatic rings. The van der Waals surface area contributed by atoms with Gasteiger partial charge >= 0.3 is 0 Å². The van der Waals surface area contributed by atoms with Crippen LogP contribution in [0.1, 0.15) is 38.2 Å². The standard InChI is InChI=1S/C11H16N2O/c1-4-10-6-5-7-11(13-10)8(2)12-9(3)14/h5-8H,4H2,1-3H3,(H,12,14). The summed E-state index contributed by atoms with van der Waals surface area (Å²) in [6.45, 7) is 5.51. The van der Waals surface area contributed by atoms with Gasteiger partial charge < -0.3 is 5.32 Å². The van der Waals surface area contributed by atoms with Crippen LogP contribution in [0.4, 0.5) is 0 Å². The number of aryl methyl sites for hydroxylation is 1. The summed E-state index contributed by atoms with van der Waals surface area (Å²) in [5.74, 6) is -0.0267. The van der Waals surface area contributed by atoms with E-state index in [1.54, 1.807) is 0 Å². The second-order valence-corrected chi connectivity index (χ2v) is 3.33. The zero-order valence-corrected chi connectivity index (χ0v) is 8.87. The summed E-state index contributed by atoms with van der Waals surface area (Å²) in [4.78, 5) is 15.3. The maximum atomic E-state index is 10.8. The highest BCUT2D eigenvalue weighted by Crippen LogP contribution is 2.09. The van der Waals surface area contributed by atoms with Crippen molar-refractivity contribution in [2.45, 2.75) is 33.2 Å². The van der Waals surface area contributed by atoms with Crippen molar-refractivity contribution in [1.82, 2.24) is 10.3 Å². The van der Waals surface area contributed by atoms with Gasteiger partial charge in [0.1, 0.15) is 0 Å². The van der Waals surface area contributed by atoms with Gasteiger partial charge in [0.15, 0.2) is 0 Å². The largest absolute Gasteiger partial charge is 0.348 e. The van der Waals surface area contributed by atoms with Crippen molar-refractivity contribution in [2.75, 3.05) is 0 Å².